The number of benzene rings is 1. The molecule has 0 saturated heterocycles. The molecular formula is C19H23N7O. The van der Waals surface area contributed by atoms with Crippen molar-refractivity contribution >= 4 is 11.9 Å². The zero-order chi connectivity index (χ0) is 19.6. The molecule has 3 rings (SSSR count). The fraction of sp³-hybridized carbons (Fsp3) is 0.316. The molecule has 1 unspecified atom stereocenters. The number of nitrogens with zero attached hydrogens (tertiary/aromatic N) is 5. The van der Waals surface area contributed by atoms with Crippen LogP contribution in [0.3, 0.4) is 0 Å². The topological polar surface area (TPSA) is 112 Å². The molecule has 0 aliphatic rings. The summed E-state index contributed by atoms with van der Waals surface area (Å²) in [4.78, 5) is 25.5. The number of aryl methyl sites for hydroxylation is 2. The summed E-state index contributed by atoms with van der Waals surface area (Å²) in [6, 6.07) is 8.87. The number of hydrogen-bond donors (Lipinski definition) is 2. The van der Waals surface area contributed by atoms with Crippen LogP contribution in [0.5, 0.6) is 0 Å². The van der Waals surface area contributed by atoms with Gasteiger partial charge in [-0.1, -0.05) is 26.0 Å². The molecule has 0 radical (unpaired) electrons. The normalized spacial score (nSPS) is 12.2. The van der Waals surface area contributed by atoms with Gasteiger partial charge in [-0.25, -0.2) is 15.0 Å². The van der Waals surface area contributed by atoms with Crippen LogP contribution < -0.4 is 11.1 Å². The summed E-state index contributed by atoms with van der Waals surface area (Å²) in [5, 5.41) is 7.16. The van der Waals surface area contributed by atoms with Gasteiger partial charge in [0.05, 0.1) is 11.7 Å². The maximum absolute atomic E-state index is 12.9. The summed E-state index contributed by atoms with van der Waals surface area (Å²) < 4.78 is 1.67. The molecule has 140 valence electrons. The first-order valence-corrected chi connectivity index (χ1v) is 8.71. The second kappa shape index (κ2) is 7.53. The van der Waals surface area contributed by atoms with Crippen molar-refractivity contribution < 1.29 is 4.79 Å². The summed E-state index contributed by atoms with van der Waals surface area (Å²) in [7, 11) is 1.81. The Hall–Kier alpha value is -3.29. The molecule has 8 nitrogen and oxygen atoms in total. The Bertz CT molecular complexity index is 944. The zero-order valence-electron chi connectivity index (χ0n) is 15.8. The van der Waals surface area contributed by atoms with Crippen molar-refractivity contribution in [3.05, 3.63) is 53.7 Å². The molecule has 2 heterocycles. The highest BCUT2D eigenvalue weighted by atomic mass is 16.1. The zero-order valence-corrected chi connectivity index (χ0v) is 15.8. The summed E-state index contributed by atoms with van der Waals surface area (Å²) in [6.07, 6.45) is 1.49. The number of carbonyl (C=O) groups excluding carboxylic acids is 1. The Balaban J connectivity index is 1.88. The number of carbonyl (C=O) groups is 1. The van der Waals surface area contributed by atoms with Crippen molar-refractivity contribution in [3.8, 4) is 11.3 Å². The highest BCUT2D eigenvalue weighted by Gasteiger charge is 2.23. The number of nitrogens with two attached hydrogens (primary N) is 1. The van der Waals surface area contributed by atoms with E-state index < -0.39 is 0 Å². The Morgan fingerprint density at radius 1 is 1.22 bits per heavy atom. The minimum atomic E-state index is -0.245. The van der Waals surface area contributed by atoms with E-state index >= 15 is 0 Å². The smallest absolute Gasteiger partial charge is 0.251 e. The van der Waals surface area contributed by atoms with Crippen LogP contribution in [0.25, 0.3) is 11.3 Å². The molecule has 0 fully saturated rings. The molecule has 0 bridgehead atoms. The van der Waals surface area contributed by atoms with E-state index in [-0.39, 0.29) is 23.8 Å². The summed E-state index contributed by atoms with van der Waals surface area (Å²) >= 11 is 0. The van der Waals surface area contributed by atoms with Gasteiger partial charge in [-0.15, -0.1) is 0 Å². The fourth-order valence-corrected chi connectivity index (χ4v) is 2.90. The number of amides is 1. The number of anilines is 1. The predicted molar refractivity (Wildman–Crippen MR) is 103 cm³/mol. The van der Waals surface area contributed by atoms with E-state index in [2.05, 4.69) is 25.4 Å². The van der Waals surface area contributed by atoms with Gasteiger partial charge < -0.3 is 11.1 Å². The third kappa shape index (κ3) is 4.11. The summed E-state index contributed by atoms with van der Waals surface area (Å²) in [5.41, 5.74) is 8.54. The molecule has 3 N–H and O–H groups in total. The summed E-state index contributed by atoms with van der Waals surface area (Å²) in [6.45, 7) is 5.91. The van der Waals surface area contributed by atoms with Crippen molar-refractivity contribution in [3.63, 3.8) is 0 Å². The monoisotopic (exact) mass is 365 g/mol. The van der Waals surface area contributed by atoms with Gasteiger partial charge >= 0.3 is 0 Å². The lowest BCUT2D eigenvalue weighted by molar-refractivity contribution is 0.0922. The van der Waals surface area contributed by atoms with E-state index in [0.717, 1.165) is 11.3 Å². The second-order valence-electron chi connectivity index (χ2n) is 6.77. The van der Waals surface area contributed by atoms with Crippen molar-refractivity contribution in [2.75, 3.05) is 5.73 Å². The number of nitrogens with one attached hydrogen (secondary N) is 1. The van der Waals surface area contributed by atoms with E-state index in [4.69, 9.17) is 5.73 Å². The van der Waals surface area contributed by atoms with Crippen LogP contribution in [-0.4, -0.2) is 30.6 Å². The van der Waals surface area contributed by atoms with E-state index in [0.29, 0.717) is 17.1 Å². The molecule has 3 aromatic rings. The molecule has 2 aromatic heterocycles. The fourth-order valence-electron chi connectivity index (χ4n) is 2.90. The van der Waals surface area contributed by atoms with Crippen LogP contribution in [-0.2, 0) is 7.05 Å². The molecule has 0 aliphatic heterocycles. The highest BCUT2D eigenvalue weighted by Crippen LogP contribution is 2.22. The number of nitrogen functional groups attached to an aromatic ring is 1. The largest absolute Gasteiger partial charge is 0.368 e. The average molecular weight is 365 g/mol. The van der Waals surface area contributed by atoms with Crippen LogP contribution in [0.1, 0.15) is 41.8 Å². The van der Waals surface area contributed by atoms with Gasteiger partial charge in [0.15, 0.2) is 0 Å². The van der Waals surface area contributed by atoms with Gasteiger partial charge in [-0.05, 0) is 31.0 Å². The third-order valence-electron chi connectivity index (χ3n) is 4.27. The Morgan fingerprint density at radius 2 is 2.00 bits per heavy atom. The van der Waals surface area contributed by atoms with Gasteiger partial charge in [-0.2, -0.15) is 5.10 Å². The van der Waals surface area contributed by atoms with Gasteiger partial charge in [0.25, 0.3) is 5.91 Å². The molecule has 1 amide bonds. The first-order valence-electron chi connectivity index (χ1n) is 8.71. The van der Waals surface area contributed by atoms with Gasteiger partial charge in [0.1, 0.15) is 12.2 Å². The van der Waals surface area contributed by atoms with Crippen LogP contribution >= 0.6 is 0 Å². The minimum absolute atomic E-state index is 0.157. The SMILES string of the molecule is Cc1cc(-c2cccc(C(=O)NC(c3ncnn3C)C(C)C)c2)nc(N)n1. The minimum Gasteiger partial charge on any atom is -0.368 e. The molecule has 0 saturated carbocycles. The summed E-state index contributed by atoms with van der Waals surface area (Å²) in [5.74, 6) is 0.900. The van der Waals surface area contributed by atoms with E-state index in [1.54, 1.807) is 16.8 Å². The Kier molecular flexibility index (Phi) is 5.16. The predicted octanol–water partition coefficient (Wildman–Crippen LogP) is 2.29. The Labute approximate surface area is 157 Å². The first-order chi connectivity index (χ1) is 12.8. The van der Waals surface area contributed by atoms with Crippen LogP contribution in [0.15, 0.2) is 36.7 Å². The van der Waals surface area contributed by atoms with Crippen LogP contribution in [0.4, 0.5) is 5.95 Å². The molecule has 0 aliphatic carbocycles. The quantitative estimate of drug-likeness (QED) is 0.717. The average Bonchev–Trinajstić information content (AvgIpc) is 3.04. The highest BCUT2D eigenvalue weighted by molar-refractivity contribution is 5.95. The van der Waals surface area contributed by atoms with E-state index in [1.807, 2.05) is 46.0 Å². The lowest BCUT2D eigenvalue weighted by Crippen LogP contribution is -2.33. The molecule has 0 spiro atoms. The van der Waals surface area contributed by atoms with Crippen molar-refractivity contribution in [1.29, 1.82) is 0 Å². The van der Waals surface area contributed by atoms with Crippen molar-refractivity contribution in [2.45, 2.75) is 26.8 Å². The lowest BCUT2D eigenvalue weighted by atomic mass is 10.0. The molecule has 1 aromatic carbocycles. The first kappa shape index (κ1) is 18.5. The number of rotatable bonds is 5. The van der Waals surface area contributed by atoms with Crippen LogP contribution in [0, 0.1) is 12.8 Å². The molecule has 1 atom stereocenters. The number of hydrogen-bond acceptors (Lipinski definition) is 6. The maximum atomic E-state index is 12.9. The van der Waals surface area contributed by atoms with Crippen molar-refractivity contribution in [1.82, 2.24) is 30.0 Å². The molecule has 27 heavy (non-hydrogen) atoms. The van der Waals surface area contributed by atoms with E-state index in [1.165, 1.54) is 6.33 Å². The molecular weight excluding hydrogens is 342 g/mol. The standard InChI is InChI=1S/C19H23N7O/c1-11(2)16(17-21-10-22-26(17)4)25-18(27)14-7-5-6-13(9-14)15-8-12(3)23-19(20)24-15/h5-11,16H,1-4H3,(H,25,27)(H2,20,23,24). The van der Waals surface area contributed by atoms with Gasteiger partial charge in [0.2, 0.25) is 5.95 Å². The van der Waals surface area contributed by atoms with Gasteiger partial charge in [-0.3, -0.25) is 9.48 Å². The lowest BCUT2D eigenvalue weighted by Gasteiger charge is -2.21. The second-order valence-corrected chi connectivity index (χ2v) is 6.77. The van der Waals surface area contributed by atoms with Crippen LogP contribution in [0.2, 0.25) is 0 Å². The number of aromatic nitrogens is 5. The maximum Gasteiger partial charge on any atom is 0.251 e. The molecule has 8 heteroatoms. The van der Waals surface area contributed by atoms with Gasteiger partial charge in [0, 0.05) is 23.9 Å². The Morgan fingerprint density at radius 3 is 2.63 bits per heavy atom. The van der Waals surface area contributed by atoms with E-state index in [9.17, 15) is 4.79 Å². The third-order valence-corrected chi connectivity index (χ3v) is 4.27. The van der Waals surface area contributed by atoms with Crippen molar-refractivity contribution in [2.24, 2.45) is 13.0 Å².